The Kier molecular flexibility index (Phi) is 4.70. The van der Waals surface area contributed by atoms with Crippen LogP contribution < -0.4 is 5.73 Å². The lowest BCUT2D eigenvalue weighted by atomic mass is 9.99. The molecule has 0 amide bonds. The number of nitrogen functional groups attached to an aromatic ring is 1. The van der Waals surface area contributed by atoms with Crippen molar-refractivity contribution >= 4 is 11.7 Å². The molecule has 5 nitrogen and oxygen atoms in total. The lowest BCUT2D eigenvalue weighted by Gasteiger charge is -2.08. The van der Waals surface area contributed by atoms with Crippen LogP contribution in [-0.4, -0.2) is 17.1 Å². The molecule has 0 saturated heterocycles. The number of nitrogens with two attached hydrogens (primary N) is 1. The van der Waals surface area contributed by atoms with E-state index in [1.165, 1.54) is 12.1 Å². The van der Waals surface area contributed by atoms with Crippen molar-refractivity contribution < 1.29 is 13.9 Å². The number of ether oxygens (including phenoxy) is 1. The molecule has 2 N–H and O–H groups in total. The van der Waals surface area contributed by atoms with E-state index in [1.807, 2.05) is 0 Å². The number of aromatic nitrogens is 1. The molecule has 0 unspecified atom stereocenters. The summed E-state index contributed by atoms with van der Waals surface area (Å²) in [6.45, 7) is 3.79. The van der Waals surface area contributed by atoms with Gasteiger partial charge in [0.05, 0.1) is 17.7 Å². The van der Waals surface area contributed by atoms with Crippen LogP contribution in [0.15, 0.2) is 18.3 Å². The van der Waals surface area contributed by atoms with Crippen molar-refractivity contribution in [1.29, 1.82) is 5.26 Å². The zero-order chi connectivity index (χ0) is 17.1. The molecule has 2 aromatic rings. The summed E-state index contributed by atoms with van der Waals surface area (Å²) in [4.78, 5) is 12.2. The van der Waals surface area contributed by atoms with Gasteiger partial charge in [0.2, 0.25) is 0 Å². The molecule has 0 aliphatic heterocycles. The highest BCUT2D eigenvalue weighted by molar-refractivity contribution is 5.92. The van der Waals surface area contributed by atoms with E-state index in [1.54, 1.807) is 37.7 Å². The molecular formula is C17H18FN3O2. The number of aryl methyl sites for hydroxylation is 1. The van der Waals surface area contributed by atoms with Gasteiger partial charge in [0.1, 0.15) is 11.9 Å². The first kappa shape index (κ1) is 16.6. The number of nitriles is 1. The third-order valence-corrected chi connectivity index (χ3v) is 3.71. The van der Waals surface area contributed by atoms with Crippen molar-refractivity contribution in [2.45, 2.75) is 20.3 Å². The Morgan fingerprint density at radius 3 is 2.74 bits per heavy atom. The summed E-state index contributed by atoms with van der Waals surface area (Å²) in [7, 11) is 1.80. The first-order chi connectivity index (χ1) is 10.9. The Bertz CT molecular complexity index is 803. The van der Waals surface area contributed by atoms with Gasteiger partial charge < -0.3 is 15.0 Å². The topological polar surface area (TPSA) is 81.0 Å². The molecule has 0 bridgehead atoms. The minimum atomic E-state index is -0.613. The lowest BCUT2D eigenvalue weighted by molar-refractivity contribution is 0.0524. The summed E-state index contributed by atoms with van der Waals surface area (Å²) in [5, 5.41) is 8.97. The highest BCUT2D eigenvalue weighted by Gasteiger charge is 2.21. The summed E-state index contributed by atoms with van der Waals surface area (Å²) in [5.74, 6) is -1.05. The standard InChI is InChI=1S/C17H18FN3O2/c1-4-23-17(22)15-10(2)21(3)9-13(15)5-11-6-14(20)7-12(8-19)16(11)18/h6-7,9H,4-5,20H2,1-3H3. The van der Waals surface area contributed by atoms with Gasteiger partial charge in [0.15, 0.2) is 0 Å². The van der Waals surface area contributed by atoms with Crippen LogP contribution in [0.2, 0.25) is 0 Å². The van der Waals surface area contributed by atoms with Crippen molar-refractivity contribution in [2.24, 2.45) is 7.05 Å². The number of esters is 1. The first-order valence-electron chi connectivity index (χ1n) is 7.18. The van der Waals surface area contributed by atoms with Crippen molar-refractivity contribution in [2.75, 3.05) is 12.3 Å². The maximum absolute atomic E-state index is 14.3. The Labute approximate surface area is 134 Å². The minimum absolute atomic E-state index is 0.106. The highest BCUT2D eigenvalue weighted by Crippen LogP contribution is 2.25. The van der Waals surface area contributed by atoms with Crippen LogP contribution in [0.5, 0.6) is 0 Å². The summed E-state index contributed by atoms with van der Waals surface area (Å²) in [6, 6.07) is 4.56. The SMILES string of the molecule is CCOC(=O)c1c(Cc2cc(N)cc(C#N)c2F)cn(C)c1C. The predicted molar refractivity (Wildman–Crippen MR) is 84.4 cm³/mol. The van der Waals surface area contributed by atoms with Crippen LogP contribution >= 0.6 is 0 Å². The molecule has 0 radical (unpaired) electrons. The van der Waals surface area contributed by atoms with Crippen LogP contribution in [-0.2, 0) is 18.2 Å². The molecule has 1 aromatic heterocycles. The van der Waals surface area contributed by atoms with E-state index in [0.29, 0.717) is 16.8 Å². The fourth-order valence-corrected chi connectivity index (χ4v) is 2.54. The van der Waals surface area contributed by atoms with Gasteiger partial charge in [-0.3, -0.25) is 0 Å². The number of rotatable bonds is 4. The summed E-state index contributed by atoms with van der Waals surface area (Å²) in [5.41, 5.74) is 8.00. The summed E-state index contributed by atoms with van der Waals surface area (Å²) in [6.07, 6.45) is 1.91. The fraction of sp³-hybridized carbons (Fsp3) is 0.294. The molecule has 0 aliphatic rings. The van der Waals surface area contributed by atoms with E-state index < -0.39 is 11.8 Å². The molecule has 2 rings (SSSR count). The van der Waals surface area contributed by atoms with Crippen molar-refractivity contribution in [1.82, 2.24) is 4.57 Å². The van der Waals surface area contributed by atoms with E-state index in [2.05, 4.69) is 0 Å². The number of nitrogens with zero attached hydrogens (tertiary/aromatic N) is 2. The molecule has 1 aromatic carbocycles. The number of anilines is 1. The molecule has 0 fully saturated rings. The fourth-order valence-electron chi connectivity index (χ4n) is 2.54. The second-order valence-corrected chi connectivity index (χ2v) is 5.28. The quantitative estimate of drug-likeness (QED) is 0.695. The highest BCUT2D eigenvalue weighted by atomic mass is 19.1. The third kappa shape index (κ3) is 3.19. The van der Waals surface area contributed by atoms with E-state index >= 15 is 0 Å². The lowest BCUT2D eigenvalue weighted by Crippen LogP contribution is -2.09. The Morgan fingerprint density at radius 2 is 2.13 bits per heavy atom. The summed E-state index contributed by atoms with van der Waals surface area (Å²) >= 11 is 0. The van der Waals surface area contributed by atoms with Crippen LogP contribution in [0.4, 0.5) is 10.1 Å². The molecular weight excluding hydrogens is 297 g/mol. The van der Waals surface area contributed by atoms with Gasteiger partial charge in [-0.05, 0) is 37.1 Å². The Hall–Kier alpha value is -2.81. The monoisotopic (exact) mass is 315 g/mol. The molecule has 0 spiro atoms. The maximum Gasteiger partial charge on any atom is 0.340 e. The smallest absolute Gasteiger partial charge is 0.340 e. The average Bonchev–Trinajstić information content (AvgIpc) is 2.77. The number of hydrogen-bond acceptors (Lipinski definition) is 4. The van der Waals surface area contributed by atoms with Gasteiger partial charge in [-0.25, -0.2) is 9.18 Å². The number of carbonyl (C=O) groups excluding carboxylic acids is 1. The van der Waals surface area contributed by atoms with Gasteiger partial charge in [-0.2, -0.15) is 5.26 Å². The van der Waals surface area contributed by atoms with Crippen molar-refractivity contribution in [3.8, 4) is 6.07 Å². The minimum Gasteiger partial charge on any atom is -0.462 e. The second kappa shape index (κ2) is 6.53. The van der Waals surface area contributed by atoms with Gasteiger partial charge in [0.25, 0.3) is 0 Å². The number of carbonyl (C=O) groups is 1. The number of hydrogen-bond donors (Lipinski definition) is 1. The van der Waals surface area contributed by atoms with Gasteiger partial charge in [-0.15, -0.1) is 0 Å². The largest absolute Gasteiger partial charge is 0.462 e. The van der Waals surface area contributed by atoms with Gasteiger partial charge in [-0.1, -0.05) is 0 Å². The number of benzene rings is 1. The van der Waals surface area contributed by atoms with Crippen LogP contribution in [0.1, 0.15) is 39.7 Å². The zero-order valence-electron chi connectivity index (χ0n) is 13.3. The van der Waals surface area contributed by atoms with Crippen molar-refractivity contribution in [3.63, 3.8) is 0 Å². The van der Waals surface area contributed by atoms with E-state index in [9.17, 15) is 9.18 Å². The molecule has 6 heteroatoms. The average molecular weight is 315 g/mol. The Morgan fingerprint density at radius 1 is 1.43 bits per heavy atom. The third-order valence-electron chi connectivity index (χ3n) is 3.71. The molecule has 23 heavy (non-hydrogen) atoms. The maximum atomic E-state index is 14.3. The summed E-state index contributed by atoms with van der Waals surface area (Å²) < 4.78 is 21.2. The van der Waals surface area contributed by atoms with E-state index in [-0.39, 0.29) is 24.2 Å². The molecule has 0 saturated carbocycles. The van der Waals surface area contributed by atoms with Gasteiger partial charge in [0, 0.05) is 31.0 Å². The normalized spacial score (nSPS) is 10.4. The zero-order valence-corrected chi connectivity index (χ0v) is 13.3. The second-order valence-electron chi connectivity index (χ2n) is 5.28. The Balaban J connectivity index is 2.50. The van der Waals surface area contributed by atoms with E-state index in [0.717, 1.165) is 5.69 Å². The molecule has 0 aliphatic carbocycles. The predicted octanol–water partition coefficient (Wildman–Crippen LogP) is 2.69. The van der Waals surface area contributed by atoms with Crippen LogP contribution in [0, 0.1) is 24.1 Å². The molecule has 1 heterocycles. The van der Waals surface area contributed by atoms with Crippen LogP contribution in [0.3, 0.4) is 0 Å². The molecule has 120 valence electrons. The van der Waals surface area contributed by atoms with Gasteiger partial charge >= 0.3 is 5.97 Å². The molecule has 0 atom stereocenters. The first-order valence-corrected chi connectivity index (χ1v) is 7.18. The number of halogens is 1. The van der Waals surface area contributed by atoms with E-state index in [4.69, 9.17) is 15.7 Å². The van der Waals surface area contributed by atoms with Crippen molar-refractivity contribution in [3.05, 3.63) is 52.1 Å². The van der Waals surface area contributed by atoms with Crippen LogP contribution in [0.25, 0.3) is 0 Å².